The molecular formula is C13H24N2O4. The number of esters is 1. The highest BCUT2D eigenvalue weighted by Crippen LogP contribution is 2.05. The van der Waals surface area contributed by atoms with Crippen LogP contribution >= 0.6 is 0 Å². The maximum atomic E-state index is 12.0. The monoisotopic (exact) mass is 272 g/mol. The lowest BCUT2D eigenvalue weighted by atomic mass is 10.1. The van der Waals surface area contributed by atoms with E-state index in [2.05, 4.69) is 10.6 Å². The minimum Gasteiger partial charge on any atom is -0.463 e. The van der Waals surface area contributed by atoms with E-state index in [4.69, 9.17) is 9.47 Å². The molecule has 6 nitrogen and oxygen atoms in total. The third kappa shape index (κ3) is 5.16. The zero-order chi connectivity index (χ0) is 14.4. The van der Waals surface area contributed by atoms with E-state index in [9.17, 15) is 9.59 Å². The molecule has 1 rings (SSSR count). The van der Waals surface area contributed by atoms with Gasteiger partial charge in [0.1, 0.15) is 6.04 Å². The molecule has 1 unspecified atom stereocenters. The smallest absolute Gasteiger partial charge is 0.310 e. The van der Waals surface area contributed by atoms with Gasteiger partial charge in [0.2, 0.25) is 5.91 Å². The van der Waals surface area contributed by atoms with Crippen molar-refractivity contribution in [2.24, 2.45) is 5.92 Å². The second-order valence-electron chi connectivity index (χ2n) is 5.14. The fraction of sp³-hybridized carbons (Fsp3) is 0.846. The van der Waals surface area contributed by atoms with Gasteiger partial charge in [-0.2, -0.15) is 0 Å². The van der Waals surface area contributed by atoms with E-state index in [-0.39, 0.29) is 42.6 Å². The fourth-order valence-corrected chi connectivity index (χ4v) is 1.82. The SMILES string of the molecule is CC(C)OC(=O)C(C)CNC(=O)[C@H]1NCCO[C@@H]1C. The largest absolute Gasteiger partial charge is 0.463 e. The van der Waals surface area contributed by atoms with Crippen LogP contribution in [-0.4, -0.2) is 49.8 Å². The molecule has 0 bridgehead atoms. The summed E-state index contributed by atoms with van der Waals surface area (Å²) in [5.41, 5.74) is 0. The summed E-state index contributed by atoms with van der Waals surface area (Å²) >= 11 is 0. The highest BCUT2D eigenvalue weighted by Gasteiger charge is 2.28. The summed E-state index contributed by atoms with van der Waals surface area (Å²) in [7, 11) is 0. The first-order valence-corrected chi connectivity index (χ1v) is 6.75. The highest BCUT2D eigenvalue weighted by atomic mass is 16.5. The topological polar surface area (TPSA) is 76.7 Å². The van der Waals surface area contributed by atoms with Gasteiger partial charge < -0.3 is 20.1 Å². The second-order valence-corrected chi connectivity index (χ2v) is 5.14. The predicted molar refractivity (Wildman–Crippen MR) is 70.6 cm³/mol. The third-order valence-corrected chi connectivity index (χ3v) is 2.94. The quantitative estimate of drug-likeness (QED) is 0.693. The normalized spacial score (nSPS) is 24.9. The number of carbonyl (C=O) groups excluding carboxylic acids is 2. The lowest BCUT2D eigenvalue weighted by Gasteiger charge is -2.29. The fourth-order valence-electron chi connectivity index (χ4n) is 1.82. The first-order chi connectivity index (χ1) is 8.91. The summed E-state index contributed by atoms with van der Waals surface area (Å²) in [4.78, 5) is 23.5. The highest BCUT2D eigenvalue weighted by molar-refractivity contribution is 5.83. The first-order valence-electron chi connectivity index (χ1n) is 6.75. The van der Waals surface area contributed by atoms with Crippen LogP contribution in [0.25, 0.3) is 0 Å². The van der Waals surface area contributed by atoms with Crippen LogP contribution < -0.4 is 10.6 Å². The molecule has 0 saturated carbocycles. The molecule has 0 radical (unpaired) electrons. The van der Waals surface area contributed by atoms with Gasteiger partial charge in [-0.05, 0) is 20.8 Å². The number of hydrogen-bond acceptors (Lipinski definition) is 5. The molecule has 0 aromatic rings. The maximum absolute atomic E-state index is 12.0. The van der Waals surface area contributed by atoms with Crippen LogP contribution in [0.3, 0.4) is 0 Å². The second kappa shape index (κ2) is 7.45. The van der Waals surface area contributed by atoms with Crippen molar-refractivity contribution in [3.8, 4) is 0 Å². The van der Waals surface area contributed by atoms with Gasteiger partial charge in [-0.3, -0.25) is 9.59 Å². The van der Waals surface area contributed by atoms with E-state index in [0.717, 1.165) is 0 Å². The van der Waals surface area contributed by atoms with Crippen molar-refractivity contribution in [1.82, 2.24) is 10.6 Å². The van der Waals surface area contributed by atoms with Crippen molar-refractivity contribution in [1.29, 1.82) is 0 Å². The van der Waals surface area contributed by atoms with E-state index >= 15 is 0 Å². The summed E-state index contributed by atoms with van der Waals surface area (Å²) in [5, 5.41) is 5.86. The van der Waals surface area contributed by atoms with Gasteiger partial charge in [0.05, 0.1) is 24.7 Å². The molecule has 0 aromatic carbocycles. The Kier molecular flexibility index (Phi) is 6.24. The van der Waals surface area contributed by atoms with Gasteiger partial charge in [-0.15, -0.1) is 0 Å². The lowest BCUT2D eigenvalue weighted by molar-refractivity contribution is -0.151. The van der Waals surface area contributed by atoms with Crippen molar-refractivity contribution < 1.29 is 19.1 Å². The molecular weight excluding hydrogens is 248 g/mol. The molecule has 0 aromatic heterocycles. The van der Waals surface area contributed by atoms with Gasteiger partial charge in [-0.1, -0.05) is 6.92 Å². The van der Waals surface area contributed by atoms with Crippen LogP contribution in [0.1, 0.15) is 27.7 Å². The Morgan fingerprint density at radius 3 is 2.68 bits per heavy atom. The third-order valence-electron chi connectivity index (χ3n) is 2.94. The Labute approximate surface area is 114 Å². The average molecular weight is 272 g/mol. The molecule has 1 heterocycles. The maximum Gasteiger partial charge on any atom is 0.310 e. The van der Waals surface area contributed by atoms with Crippen LogP contribution in [-0.2, 0) is 19.1 Å². The first kappa shape index (κ1) is 15.9. The summed E-state index contributed by atoms with van der Waals surface area (Å²) in [6.45, 7) is 8.74. The molecule has 0 spiro atoms. The Hall–Kier alpha value is -1.14. The van der Waals surface area contributed by atoms with Gasteiger partial charge in [0.15, 0.2) is 0 Å². The Balaban J connectivity index is 2.34. The Morgan fingerprint density at radius 2 is 2.11 bits per heavy atom. The van der Waals surface area contributed by atoms with Gasteiger partial charge in [-0.25, -0.2) is 0 Å². The van der Waals surface area contributed by atoms with Crippen LogP contribution in [0.4, 0.5) is 0 Å². The molecule has 1 aliphatic rings. The number of nitrogens with one attached hydrogen (secondary N) is 2. The minimum absolute atomic E-state index is 0.140. The van der Waals surface area contributed by atoms with Crippen LogP contribution in [0.15, 0.2) is 0 Å². The van der Waals surface area contributed by atoms with Crippen LogP contribution in [0.5, 0.6) is 0 Å². The van der Waals surface area contributed by atoms with E-state index in [1.165, 1.54) is 0 Å². The molecule has 1 saturated heterocycles. The number of carbonyl (C=O) groups is 2. The van der Waals surface area contributed by atoms with Crippen molar-refractivity contribution in [2.45, 2.75) is 45.9 Å². The average Bonchev–Trinajstić information content (AvgIpc) is 2.35. The lowest BCUT2D eigenvalue weighted by Crippen LogP contribution is -2.56. The molecule has 110 valence electrons. The molecule has 0 aliphatic carbocycles. The van der Waals surface area contributed by atoms with Gasteiger partial charge in [0.25, 0.3) is 0 Å². The van der Waals surface area contributed by atoms with Gasteiger partial charge >= 0.3 is 5.97 Å². The van der Waals surface area contributed by atoms with Crippen LogP contribution in [0.2, 0.25) is 0 Å². The number of morpholine rings is 1. The molecule has 2 N–H and O–H groups in total. The zero-order valence-corrected chi connectivity index (χ0v) is 12.1. The van der Waals surface area contributed by atoms with E-state index in [1.54, 1.807) is 20.8 Å². The van der Waals surface area contributed by atoms with Crippen molar-refractivity contribution >= 4 is 11.9 Å². The number of rotatable bonds is 5. The van der Waals surface area contributed by atoms with Gasteiger partial charge in [0, 0.05) is 13.1 Å². The minimum atomic E-state index is -0.359. The molecule has 1 aliphatic heterocycles. The molecule has 19 heavy (non-hydrogen) atoms. The number of hydrogen-bond donors (Lipinski definition) is 2. The summed E-state index contributed by atoms with van der Waals surface area (Å²) in [6.07, 6.45) is -0.300. The summed E-state index contributed by atoms with van der Waals surface area (Å²) < 4.78 is 10.5. The molecule has 1 fully saturated rings. The van der Waals surface area contributed by atoms with E-state index in [0.29, 0.717) is 13.2 Å². The van der Waals surface area contributed by atoms with Crippen molar-refractivity contribution in [3.63, 3.8) is 0 Å². The number of amides is 1. The Morgan fingerprint density at radius 1 is 1.42 bits per heavy atom. The summed E-state index contributed by atoms with van der Waals surface area (Å²) in [5.74, 6) is -0.793. The standard InChI is InChI=1S/C13H24N2O4/c1-8(2)19-13(17)9(3)7-15-12(16)11-10(4)18-6-5-14-11/h8-11,14H,5-7H2,1-4H3,(H,15,16)/t9?,10-,11+/m1/s1. The predicted octanol–water partition coefficient (Wildman–Crippen LogP) is 0.0672. The van der Waals surface area contributed by atoms with Crippen molar-refractivity contribution in [3.05, 3.63) is 0 Å². The molecule has 6 heteroatoms. The zero-order valence-electron chi connectivity index (χ0n) is 12.1. The van der Waals surface area contributed by atoms with E-state index in [1.807, 2.05) is 6.92 Å². The molecule has 3 atom stereocenters. The summed E-state index contributed by atoms with van der Waals surface area (Å²) in [6, 6.07) is -0.359. The molecule has 1 amide bonds. The van der Waals surface area contributed by atoms with Crippen LogP contribution in [0, 0.1) is 5.92 Å². The Bertz CT molecular complexity index is 320. The number of ether oxygens (including phenoxy) is 2. The van der Waals surface area contributed by atoms with E-state index < -0.39 is 0 Å². The van der Waals surface area contributed by atoms with Crippen molar-refractivity contribution in [2.75, 3.05) is 19.7 Å².